The van der Waals surface area contributed by atoms with Crippen LogP contribution in [0.1, 0.15) is 13.3 Å². The number of fused-ring (bicyclic) bond motifs is 4. The summed E-state index contributed by atoms with van der Waals surface area (Å²) in [7, 11) is 1.90. The summed E-state index contributed by atoms with van der Waals surface area (Å²) in [6.45, 7) is 3.21. The van der Waals surface area contributed by atoms with Crippen molar-refractivity contribution in [3.8, 4) is 0 Å². The highest BCUT2D eigenvalue weighted by Crippen LogP contribution is 2.36. The van der Waals surface area contributed by atoms with E-state index in [1.54, 1.807) is 12.1 Å². The molecule has 0 aliphatic heterocycles. The van der Waals surface area contributed by atoms with Crippen LogP contribution in [-0.4, -0.2) is 40.8 Å². The first-order valence-corrected chi connectivity index (χ1v) is 9.91. The lowest BCUT2D eigenvalue weighted by Crippen LogP contribution is -2.30. The lowest BCUT2D eigenvalue weighted by atomic mass is 10.0. The minimum atomic E-state index is -0.385. The number of non-ortho nitro benzene ring substituents is 1. The third kappa shape index (κ3) is 3.50. The normalized spacial score (nSPS) is 11.1. The Labute approximate surface area is 174 Å². The molecule has 0 unspecified atom stereocenters. The fourth-order valence-electron chi connectivity index (χ4n) is 3.72. The van der Waals surface area contributed by atoms with E-state index in [4.69, 9.17) is 10.4 Å². The van der Waals surface area contributed by atoms with E-state index in [-0.39, 0.29) is 10.6 Å². The van der Waals surface area contributed by atoms with Crippen molar-refractivity contribution in [1.82, 2.24) is 9.88 Å². The van der Waals surface area contributed by atoms with E-state index in [0.717, 1.165) is 32.7 Å². The van der Waals surface area contributed by atoms with Crippen molar-refractivity contribution in [1.29, 1.82) is 5.41 Å². The number of pyridine rings is 1. The Balaban J connectivity index is 1.87. The van der Waals surface area contributed by atoms with Crippen molar-refractivity contribution < 1.29 is 4.92 Å². The van der Waals surface area contributed by atoms with Crippen LogP contribution < -0.4 is 5.32 Å². The summed E-state index contributed by atoms with van der Waals surface area (Å²) in [4.78, 5) is 17.7. The molecule has 152 valence electrons. The molecule has 0 saturated heterocycles. The van der Waals surface area contributed by atoms with Gasteiger partial charge in [0.05, 0.1) is 27.5 Å². The Morgan fingerprint density at radius 2 is 1.93 bits per heavy atom. The molecule has 0 aliphatic rings. The third-order valence-corrected chi connectivity index (χ3v) is 5.41. The number of nitro benzene ring substituents is 1. The zero-order valence-corrected chi connectivity index (χ0v) is 17.0. The Morgan fingerprint density at radius 1 is 1.13 bits per heavy atom. The van der Waals surface area contributed by atoms with Gasteiger partial charge in [0.1, 0.15) is 0 Å². The van der Waals surface area contributed by atoms with E-state index in [1.807, 2.05) is 49.2 Å². The van der Waals surface area contributed by atoms with Gasteiger partial charge in [-0.15, -0.1) is 0 Å². The molecule has 2 N–H and O–H groups in total. The monoisotopic (exact) mass is 401 g/mol. The van der Waals surface area contributed by atoms with E-state index in [2.05, 4.69) is 11.4 Å². The van der Waals surface area contributed by atoms with Crippen LogP contribution in [0.15, 0.2) is 54.6 Å². The molecule has 0 amide bonds. The second kappa shape index (κ2) is 7.94. The van der Waals surface area contributed by atoms with Gasteiger partial charge < -0.3 is 10.2 Å². The van der Waals surface area contributed by atoms with Crippen molar-refractivity contribution in [3.05, 3.63) is 64.7 Å². The number of nitro groups is 1. The van der Waals surface area contributed by atoms with E-state index >= 15 is 0 Å². The van der Waals surface area contributed by atoms with Crippen LogP contribution in [0.2, 0.25) is 0 Å². The highest BCUT2D eigenvalue weighted by Gasteiger charge is 2.15. The zero-order chi connectivity index (χ0) is 21.3. The standard InChI is InChI=1S/C23H23N5O2/c1-3-21(24)27(2)13-12-25-22-18-10-8-15-6-4-5-7-17(15)23(18)26-20-11-9-16(28(29)30)14-19(20)22/h4-11,14,24H,3,12-13H2,1-2H3,(H,25,26). The average Bonchev–Trinajstić information content (AvgIpc) is 2.77. The smallest absolute Gasteiger partial charge is 0.270 e. The summed E-state index contributed by atoms with van der Waals surface area (Å²) in [6.07, 6.45) is 0.676. The highest BCUT2D eigenvalue weighted by atomic mass is 16.6. The lowest BCUT2D eigenvalue weighted by molar-refractivity contribution is -0.384. The van der Waals surface area contributed by atoms with Crippen LogP contribution in [0.25, 0.3) is 32.6 Å². The average molecular weight is 401 g/mol. The Kier molecular flexibility index (Phi) is 5.18. The molecule has 0 aliphatic carbocycles. The number of anilines is 1. The molecular formula is C23H23N5O2. The number of nitrogens with zero attached hydrogens (tertiary/aromatic N) is 3. The Morgan fingerprint density at radius 3 is 2.70 bits per heavy atom. The maximum Gasteiger partial charge on any atom is 0.270 e. The summed E-state index contributed by atoms with van der Waals surface area (Å²) in [5.41, 5.74) is 2.45. The van der Waals surface area contributed by atoms with Crippen LogP contribution in [-0.2, 0) is 0 Å². The summed E-state index contributed by atoms with van der Waals surface area (Å²) >= 11 is 0. The van der Waals surface area contributed by atoms with Gasteiger partial charge in [-0.05, 0) is 11.5 Å². The molecule has 0 spiro atoms. The summed E-state index contributed by atoms with van der Waals surface area (Å²) in [5.74, 6) is 0.572. The quantitative estimate of drug-likeness (QED) is 0.116. The van der Waals surface area contributed by atoms with Crippen molar-refractivity contribution in [2.24, 2.45) is 0 Å². The molecule has 0 atom stereocenters. The number of aromatic nitrogens is 1. The molecule has 3 aromatic carbocycles. The molecule has 0 radical (unpaired) electrons. The molecular weight excluding hydrogens is 378 g/mol. The molecule has 0 fully saturated rings. The highest BCUT2D eigenvalue weighted by molar-refractivity contribution is 6.16. The number of nitrogens with one attached hydrogen (secondary N) is 2. The van der Waals surface area contributed by atoms with Crippen molar-refractivity contribution >= 4 is 49.8 Å². The Hall–Kier alpha value is -3.74. The van der Waals surface area contributed by atoms with E-state index in [1.165, 1.54) is 6.07 Å². The van der Waals surface area contributed by atoms with Crippen LogP contribution in [0, 0.1) is 15.5 Å². The minimum absolute atomic E-state index is 0.0392. The van der Waals surface area contributed by atoms with Crippen molar-refractivity contribution in [2.45, 2.75) is 13.3 Å². The van der Waals surface area contributed by atoms with Crippen molar-refractivity contribution in [2.75, 3.05) is 25.5 Å². The molecule has 30 heavy (non-hydrogen) atoms. The third-order valence-electron chi connectivity index (χ3n) is 5.41. The van der Waals surface area contributed by atoms with E-state index < -0.39 is 0 Å². The van der Waals surface area contributed by atoms with Crippen LogP contribution in [0.3, 0.4) is 0 Å². The summed E-state index contributed by atoms with van der Waals surface area (Å²) in [6, 6.07) is 16.9. The predicted octanol–water partition coefficient (Wildman–Crippen LogP) is 5.18. The lowest BCUT2D eigenvalue weighted by Gasteiger charge is -2.20. The van der Waals surface area contributed by atoms with Gasteiger partial charge in [-0.3, -0.25) is 15.5 Å². The second-order valence-electron chi connectivity index (χ2n) is 7.28. The molecule has 7 nitrogen and oxygen atoms in total. The molecule has 4 rings (SSSR count). The van der Waals surface area contributed by atoms with Crippen LogP contribution in [0.4, 0.5) is 11.4 Å². The molecule has 1 aromatic heterocycles. The zero-order valence-electron chi connectivity index (χ0n) is 17.0. The van der Waals surface area contributed by atoms with Crippen molar-refractivity contribution in [3.63, 3.8) is 0 Å². The summed E-state index contributed by atoms with van der Waals surface area (Å²) < 4.78 is 0. The van der Waals surface area contributed by atoms with Gasteiger partial charge in [-0.2, -0.15) is 0 Å². The van der Waals surface area contributed by atoms with Gasteiger partial charge in [-0.1, -0.05) is 43.3 Å². The van der Waals surface area contributed by atoms with Gasteiger partial charge in [0, 0.05) is 54.8 Å². The van der Waals surface area contributed by atoms with Gasteiger partial charge in [0.25, 0.3) is 5.69 Å². The van der Waals surface area contributed by atoms with Gasteiger partial charge >= 0.3 is 0 Å². The number of hydrogen-bond donors (Lipinski definition) is 2. The van der Waals surface area contributed by atoms with Gasteiger partial charge in [0.15, 0.2) is 0 Å². The van der Waals surface area contributed by atoms with Crippen LogP contribution >= 0.6 is 0 Å². The molecule has 4 aromatic rings. The first-order chi connectivity index (χ1) is 14.5. The molecule has 0 saturated carbocycles. The first kappa shape index (κ1) is 19.6. The minimum Gasteiger partial charge on any atom is -0.382 e. The molecule has 7 heteroatoms. The van der Waals surface area contributed by atoms with E-state index in [9.17, 15) is 10.1 Å². The SMILES string of the molecule is CCC(=N)N(C)CCNc1c2cc([N+](=O)[O-])ccc2nc2c1ccc1ccccc12. The largest absolute Gasteiger partial charge is 0.382 e. The molecule has 1 heterocycles. The number of likely N-dealkylation sites (N-methyl/N-ethyl adjacent to an activating group) is 1. The number of benzene rings is 3. The second-order valence-corrected chi connectivity index (χ2v) is 7.28. The number of amidine groups is 1. The topological polar surface area (TPSA) is 95.2 Å². The summed E-state index contributed by atoms with van der Waals surface area (Å²) in [5, 5.41) is 26.6. The van der Waals surface area contributed by atoms with Gasteiger partial charge in [-0.25, -0.2) is 4.98 Å². The number of hydrogen-bond acceptors (Lipinski definition) is 5. The fraction of sp³-hybridized carbons (Fsp3) is 0.217. The maximum atomic E-state index is 11.3. The predicted molar refractivity (Wildman–Crippen MR) is 123 cm³/mol. The fourth-order valence-corrected chi connectivity index (χ4v) is 3.72. The van der Waals surface area contributed by atoms with Crippen LogP contribution in [0.5, 0.6) is 0 Å². The Bertz CT molecular complexity index is 1290. The molecule has 0 bridgehead atoms. The number of rotatable bonds is 6. The first-order valence-electron chi connectivity index (χ1n) is 9.91. The maximum absolute atomic E-state index is 11.3. The van der Waals surface area contributed by atoms with E-state index in [0.29, 0.717) is 30.9 Å². The van der Waals surface area contributed by atoms with Gasteiger partial charge in [0.2, 0.25) is 0 Å².